The average Bonchev–Trinajstić information content (AvgIpc) is 3.27. The number of benzene rings is 2. The molecule has 0 bridgehead atoms. The Morgan fingerprint density at radius 3 is 2.74 bits per heavy atom. The first-order valence-corrected chi connectivity index (χ1v) is 7.21. The van der Waals surface area contributed by atoms with Crippen LogP contribution in [-0.2, 0) is 11.2 Å². The largest absolute Gasteiger partial charge is 0.380 e. The van der Waals surface area contributed by atoms with Crippen molar-refractivity contribution in [3.63, 3.8) is 0 Å². The summed E-state index contributed by atoms with van der Waals surface area (Å²) in [6, 6.07) is 15.8. The van der Waals surface area contributed by atoms with Crippen molar-refractivity contribution in [2.45, 2.75) is 25.3 Å². The molecule has 1 fully saturated rings. The van der Waals surface area contributed by atoms with Gasteiger partial charge >= 0.3 is 0 Å². The molecule has 0 atom stereocenters. The van der Waals surface area contributed by atoms with E-state index in [4.69, 9.17) is 4.74 Å². The highest BCUT2D eigenvalue weighted by atomic mass is 16.5. The second kappa shape index (κ2) is 6.18. The number of ether oxygens (including phenoxy) is 1. The third-order valence-corrected chi connectivity index (χ3v) is 3.65. The average molecular weight is 255 g/mol. The number of rotatable bonds is 7. The summed E-state index contributed by atoms with van der Waals surface area (Å²) in [6.07, 6.45) is 3.68. The topological polar surface area (TPSA) is 21.3 Å². The lowest BCUT2D eigenvalue weighted by Crippen LogP contribution is -2.22. The molecule has 2 aromatic carbocycles. The van der Waals surface area contributed by atoms with Crippen LogP contribution in [0.3, 0.4) is 0 Å². The van der Waals surface area contributed by atoms with Gasteiger partial charge < -0.3 is 10.1 Å². The summed E-state index contributed by atoms with van der Waals surface area (Å²) in [6.45, 7) is 2.61. The lowest BCUT2D eigenvalue weighted by atomic mass is 10.0. The SMILES string of the molecule is c1ccc2c(CCOCCNC3CC3)cccc2c1. The van der Waals surface area contributed by atoms with Crippen LogP contribution in [0.5, 0.6) is 0 Å². The van der Waals surface area contributed by atoms with Gasteiger partial charge in [-0.15, -0.1) is 0 Å². The lowest BCUT2D eigenvalue weighted by Gasteiger charge is -2.08. The van der Waals surface area contributed by atoms with Crippen LogP contribution in [-0.4, -0.2) is 25.8 Å². The van der Waals surface area contributed by atoms with Crippen LogP contribution >= 0.6 is 0 Å². The van der Waals surface area contributed by atoms with E-state index in [9.17, 15) is 0 Å². The highest BCUT2D eigenvalue weighted by Gasteiger charge is 2.19. The number of hydrogen-bond donors (Lipinski definition) is 1. The van der Waals surface area contributed by atoms with Crippen LogP contribution < -0.4 is 5.32 Å². The molecule has 0 aliphatic heterocycles. The van der Waals surface area contributed by atoms with E-state index in [1.807, 2.05) is 0 Å². The van der Waals surface area contributed by atoms with Gasteiger partial charge in [0.2, 0.25) is 0 Å². The zero-order valence-electron chi connectivity index (χ0n) is 11.3. The minimum Gasteiger partial charge on any atom is -0.380 e. The van der Waals surface area contributed by atoms with Crippen molar-refractivity contribution in [3.05, 3.63) is 48.0 Å². The number of nitrogens with one attached hydrogen (secondary N) is 1. The highest BCUT2D eigenvalue weighted by molar-refractivity contribution is 5.85. The van der Waals surface area contributed by atoms with E-state index in [1.54, 1.807) is 0 Å². The van der Waals surface area contributed by atoms with Gasteiger partial charge in [0.25, 0.3) is 0 Å². The van der Waals surface area contributed by atoms with Gasteiger partial charge in [-0.3, -0.25) is 0 Å². The molecule has 0 heterocycles. The Balaban J connectivity index is 1.47. The Labute approximate surface area is 114 Å². The van der Waals surface area contributed by atoms with Crippen LogP contribution in [0.25, 0.3) is 10.8 Å². The number of hydrogen-bond acceptors (Lipinski definition) is 2. The van der Waals surface area contributed by atoms with Crippen LogP contribution in [0.4, 0.5) is 0 Å². The van der Waals surface area contributed by atoms with Crippen molar-refractivity contribution in [1.29, 1.82) is 0 Å². The molecule has 100 valence electrons. The second-order valence-corrected chi connectivity index (χ2v) is 5.23. The van der Waals surface area contributed by atoms with E-state index >= 15 is 0 Å². The standard InChI is InChI=1S/C17H21NO/c1-2-7-17-14(4-1)5-3-6-15(17)10-12-19-13-11-18-16-8-9-16/h1-7,16,18H,8-13H2. The third-order valence-electron chi connectivity index (χ3n) is 3.65. The van der Waals surface area contributed by atoms with Crippen LogP contribution in [0.15, 0.2) is 42.5 Å². The monoisotopic (exact) mass is 255 g/mol. The van der Waals surface area contributed by atoms with E-state index in [1.165, 1.54) is 29.2 Å². The van der Waals surface area contributed by atoms with E-state index in [2.05, 4.69) is 47.8 Å². The molecule has 0 spiro atoms. The fraction of sp³-hybridized carbons (Fsp3) is 0.412. The summed E-state index contributed by atoms with van der Waals surface area (Å²) >= 11 is 0. The van der Waals surface area contributed by atoms with E-state index in [-0.39, 0.29) is 0 Å². The Morgan fingerprint density at radius 2 is 1.84 bits per heavy atom. The molecular weight excluding hydrogens is 234 g/mol. The molecule has 0 amide bonds. The molecule has 2 nitrogen and oxygen atoms in total. The van der Waals surface area contributed by atoms with Gasteiger partial charge in [0.05, 0.1) is 13.2 Å². The van der Waals surface area contributed by atoms with Crippen LogP contribution in [0, 0.1) is 0 Å². The zero-order chi connectivity index (χ0) is 12.9. The van der Waals surface area contributed by atoms with Gasteiger partial charge in [-0.1, -0.05) is 42.5 Å². The fourth-order valence-corrected chi connectivity index (χ4v) is 2.42. The molecule has 1 N–H and O–H groups in total. The van der Waals surface area contributed by atoms with Crippen molar-refractivity contribution >= 4 is 10.8 Å². The van der Waals surface area contributed by atoms with E-state index in [0.717, 1.165) is 32.2 Å². The molecule has 1 aliphatic carbocycles. The third kappa shape index (κ3) is 3.55. The summed E-state index contributed by atoms with van der Waals surface area (Å²) in [5, 5.41) is 6.13. The van der Waals surface area contributed by atoms with E-state index in [0.29, 0.717) is 0 Å². The van der Waals surface area contributed by atoms with E-state index < -0.39 is 0 Å². The summed E-state index contributed by atoms with van der Waals surface area (Å²) in [5.41, 5.74) is 1.38. The highest BCUT2D eigenvalue weighted by Crippen LogP contribution is 2.19. The fourth-order valence-electron chi connectivity index (χ4n) is 2.42. The van der Waals surface area contributed by atoms with Crippen molar-refractivity contribution < 1.29 is 4.74 Å². The van der Waals surface area contributed by atoms with Gasteiger partial charge in [-0.05, 0) is 35.6 Å². The molecule has 0 aromatic heterocycles. The van der Waals surface area contributed by atoms with Crippen molar-refractivity contribution in [3.8, 4) is 0 Å². The van der Waals surface area contributed by atoms with Crippen molar-refractivity contribution in [2.75, 3.05) is 19.8 Å². The smallest absolute Gasteiger partial charge is 0.0591 e. The molecular formula is C17H21NO. The Hall–Kier alpha value is -1.38. The first kappa shape index (κ1) is 12.6. The second-order valence-electron chi connectivity index (χ2n) is 5.23. The summed E-state index contributed by atoms with van der Waals surface area (Å²) in [7, 11) is 0. The first-order valence-electron chi connectivity index (χ1n) is 7.21. The lowest BCUT2D eigenvalue weighted by molar-refractivity contribution is 0.139. The van der Waals surface area contributed by atoms with Crippen molar-refractivity contribution in [1.82, 2.24) is 5.32 Å². The predicted octanol–water partition coefficient (Wildman–Crippen LogP) is 3.15. The maximum atomic E-state index is 5.70. The molecule has 0 saturated heterocycles. The van der Waals surface area contributed by atoms with Gasteiger partial charge in [0.15, 0.2) is 0 Å². The molecule has 2 aromatic rings. The molecule has 2 heteroatoms. The molecule has 3 rings (SSSR count). The summed E-state index contributed by atoms with van der Waals surface area (Å²) in [4.78, 5) is 0. The maximum absolute atomic E-state index is 5.70. The van der Waals surface area contributed by atoms with Crippen LogP contribution in [0.1, 0.15) is 18.4 Å². The van der Waals surface area contributed by atoms with Gasteiger partial charge in [0.1, 0.15) is 0 Å². The first-order chi connectivity index (χ1) is 9.43. The molecule has 0 radical (unpaired) electrons. The summed E-state index contributed by atoms with van der Waals surface area (Å²) in [5.74, 6) is 0. The molecule has 1 aliphatic rings. The number of fused-ring (bicyclic) bond motifs is 1. The van der Waals surface area contributed by atoms with Gasteiger partial charge in [-0.2, -0.15) is 0 Å². The summed E-state index contributed by atoms with van der Waals surface area (Å²) < 4.78 is 5.70. The van der Waals surface area contributed by atoms with Gasteiger partial charge in [-0.25, -0.2) is 0 Å². The maximum Gasteiger partial charge on any atom is 0.0591 e. The Morgan fingerprint density at radius 1 is 1.00 bits per heavy atom. The van der Waals surface area contributed by atoms with Crippen LogP contribution in [0.2, 0.25) is 0 Å². The molecule has 0 unspecified atom stereocenters. The molecule has 19 heavy (non-hydrogen) atoms. The normalized spacial score (nSPS) is 14.9. The van der Waals surface area contributed by atoms with Gasteiger partial charge in [0, 0.05) is 12.6 Å². The quantitative estimate of drug-likeness (QED) is 0.767. The minimum absolute atomic E-state index is 0.779. The Bertz CT molecular complexity index is 528. The predicted molar refractivity (Wildman–Crippen MR) is 79.5 cm³/mol. The zero-order valence-corrected chi connectivity index (χ0v) is 11.3. The Kier molecular flexibility index (Phi) is 4.11. The van der Waals surface area contributed by atoms with Crippen molar-refractivity contribution in [2.24, 2.45) is 0 Å². The minimum atomic E-state index is 0.779. The molecule has 1 saturated carbocycles.